The first-order chi connectivity index (χ1) is 6.25. The molecular weight excluding hydrogens is 186 g/mol. The Hall–Kier alpha value is -0.870. The SMILES string of the molecule is CCCNC(C(=O)O)c1ccsc1. The largest absolute Gasteiger partial charge is 0.480 e. The van der Waals surface area contributed by atoms with Gasteiger partial charge in [0, 0.05) is 0 Å². The van der Waals surface area contributed by atoms with Gasteiger partial charge in [-0.15, -0.1) is 0 Å². The van der Waals surface area contributed by atoms with Crippen molar-refractivity contribution in [3.05, 3.63) is 22.4 Å². The molecule has 3 nitrogen and oxygen atoms in total. The fraction of sp³-hybridized carbons (Fsp3) is 0.444. The zero-order valence-corrected chi connectivity index (χ0v) is 8.30. The Balaban J connectivity index is 2.63. The van der Waals surface area contributed by atoms with Crippen molar-refractivity contribution in [2.45, 2.75) is 19.4 Å². The summed E-state index contributed by atoms with van der Waals surface area (Å²) >= 11 is 1.52. The number of carbonyl (C=O) groups is 1. The molecule has 0 bridgehead atoms. The summed E-state index contributed by atoms with van der Waals surface area (Å²) in [7, 11) is 0. The Bertz CT molecular complexity index is 259. The van der Waals surface area contributed by atoms with Crippen molar-refractivity contribution in [3.63, 3.8) is 0 Å². The minimum absolute atomic E-state index is 0.550. The maximum Gasteiger partial charge on any atom is 0.325 e. The average Bonchev–Trinajstić information content (AvgIpc) is 2.57. The standard InChI is InChI=1S/C9H13NO2S/c1-2-4-10-8(9(11)12)7-3-5-13-6-7/h3,5-6,8,10H,2,4H2,1H3,(H,11,12). The van der Waals surface area contributed by atoms with E-state index in [2.05, 4.69) is 5.32 Å². The minimum Gasteiger partial charge on any atom is -0.480 e. The van der Waals surface area contributed by atoms with Crippen LogP contribution < -0.4 is 5.32 Å². The molecule has 4 heteroatoms. The second-order valence-corrected chi connectivity index (χ2v) is 3.56. The Morgan fingerprint density at radius 3 is 3.00 bits per heavy atom. The van der Waals surface area contributed by atoms with Gasteiger partial charge in [0.25, 0.3) is 0 Å². The van der Waals surface area contributed by atoms with Crippen LogP contribution >= 0.6 is 11.3 Å². The molecule has 1 unspecified atom stereocenters. The molecule has 1 aromatic heterocycles. The van der Waals surface area contributed by atoms with E-state index in [9.17, 15) is 4.79 Å². The van der Waals surface area contributed by atoms with Crippen molar-refractivity contribution in [1.29, 1.82) is 0 Å². The predicted octanol–water partition coefficient (Wildman–Crippen LogP) is 1.87. The monoisotopic (exact) mass is 199 g/mol. The highest BCUT2D eigenvalue weighted by molar-refractivity contribution is 7.08. The second-order valence-electron chi connectivity index (χ2n) is 2.78. The summed E-state index contributed by atoms with van der Waals surface area (Å²) in [6.07, 6.45) is 0.938. The van der Waals surface area contributed by atoms with Gasteiger partial charge in [-0.1, -0.05) is 6.92 Å². The van der Waals surface area contributed by atoms with E-state index in [1.165, 1.54) is 11.3 Å². The van der Waals surface area contributed by atoms with E-state index < -0.39 is 12.0 Å². The smallest absolute Gasteiger partial charge is 0.325 e. The number of aliphatic carboxylic acids is 1. The third-order valence-corrected chi connectivity index (χ3v) is 2.42. The highest BCUT2D eigenvalue weighted by Crippen LogP contribution is 2.16. The van der Waals surface area contributed by atoms with Crippen LogP contribution in [0.15, 0.2) is 16.8 Å². The fourth-order valence-corrected chi connectivity index (χ4v) is 1.76. The van der Waals surface area contributed by atoms with E-state index in [0.717, 1.165) is 18.5 Å². The molecule has 0 saturated carbocycles. The zero-order chi connectivity index (χ0) is 9.68. The van der Waals surface area contributed by atoms with Gasteiger partial charge >= 0.3 is 5.97 Å². The van der Waals surface area contributed by atoms with Crippen LogP contribution in [-0.4, -0.2) is 17.6 Å². The third kappa shape index (κ3) is 2.82. The zero-order valence-electron chi connectivity index (χ0n) is 7.49. The molecule has 0 saturated heterocycles. The van der Waals surface area contributed by atoms with E-state index >= 15 is 0 Å². The van der Waals surface area contributed by atoms with Crippen molar-refractivity contribution in [1.82, 2.24) is 5.32 Å². The quantitative estimate of drug-likeness (QED) is 0.761. The normalized spacial score (nSPS) is 12.7. The third-order valence-electron chi connectivity index (χ3n) is 1.72. The first-order valence-electron chi connectivity index (χ1n) is 4.24. The van der Waals surface area contributed by atoms with E-state index in [1.54, 1.807) is 0 Å². The molecule has 0 aliphatic carbocycles. The molecule has 1 rings (SSSR count). The van der Waals surface area contributed by atoms with Crippen molar-refractivity contribution in [3.8, 4) is 0 Å². The van der Waals surface area contributed by atoms with Gasteiger partial charge in [-0.3, -0.25) is 4.79 Å². The Morgan fingerprint density at radius 2 is 2.54 bits per heavy atom. The highest BCUT2D eigenvalue weighted by Gasteiger charge is 2.18. The maximum atomic E-state index is 10.8. The van der Waals surface area contributed by atoms with Gasteiger partial charge in [0.05, 0.1) is 0 Å². The van der Waals surface area contributed by atoms with Gasteiger partial charge in [-0.2, -0.15) is 11.3 Å². The van der Waals surface area contributed by atoms with Crippen molar-refractivity contribution < 1.29 is 9.90 Å². The molecule has 1 atom stereocenters. The number of carboxylic acids is 1. The van der Waals surface area contributed by atoms with Crippen LogP contribution in [-0.2, 0) is 4.79 Å². The van der Waals surface area contributed by atoms with E-state index in [1.807, 2.05) is 23.8 Å². The molecule has 0 spiro atoms. The molecule has 72 valence electrons. The van der Waals surface area contributed by atoms with E-state index in [4.69, 9.17) is 5.11 Å². The molecule has 0 aromatic carbocycles. The Labute approximate surface area is 81.4 Å². The lowest BCUT2D eigenvalue weighted by Gasteiger charge is -2.11. The van der Waals surface area contributed by atoms with E-state index in [-0.39, 0.29) is 0 Å². The van der Waals surface area contributed by atoms with Crippen LogP contribution in [0.2, 0.25) is 0 Å². The number of rotatable bonds is 5. The highest BCUT2D eigenvalue weighted by atomic mass is 32.1. The predicted molar refractivity (Wildman–Crippen MR) is 53.0 cm³/mol. The van der Waals surface area contributed by atoms with Gasteiger partial charge in [0.1, 0.15) is 6.04 Å². The molecule has 1 aromatic rings. The number of thiophene rings is 1. The summed E-state index contributed by atoms with van der Waals surface area (Å²) in [6, 6.07) is 1.29. The molecule has 1 heterocycles. The van der Waals surface area contributed by atoms with Crippen LogP contribution in [0.3, 0.4) is 0 Å². The minimum atomic E-state index is -0.813. The molecule has 0 radical (unpaired) electrons. The summed E-state index contributed by atoms with van der Waals surface area (Å²) < 4.78 is 0. The lowest BCUT2D eigenvalue weighted by Crippen LogP contribution is -2.28. The number of hydrogen-bond acceptors (Lipinski definition) is 3. The Morgan fingerprint density at radius 1 is 1.77 bits per heavy atom. The van der Waals surface area contributed by atoms with Gasteiger partial charge in [0.15, 0.2) is 0 Å². The molecule has 0 aliphatic heterocycles. The molecule has 0 fully saturated rings. The number of nitrogens with one attached hydrogen (secondary N) is 1. The summed E-state index contributed by atoms with van der Waals surface area (Å²) in [6.45, 7) is 2.74. The summed E-state index contributed by atoms with van der Waals surface area (Å²) in [5, 5.41) is 15.6. The van der Waals surface area contributed by atoms with Gasteiger partial charge in [-0.25, -0.2) is 0 Å². The number of hydrogen-bond donors (Lipinski definition) is 2. The maximum absolute atomic E-state index is 10.8. The van der Waals surface area contributed by atoms with E-state index in [0.29, 0.717) is 0 Å². The topological polar surface area (TPSA) is 49.3 Å². The van der Waals surface area contributed by atoms with Crippen molar-refractivity contribution in [2.24, 2.45) is 0 Å². The molecular formula is C9H13NO2S. The second kappa shape index (κ2) is 4.99. The van der Waals surface area contributed by atoms with Crippen molar-refractivity contribution in [2.75, 3.05) is 6.54 Å². The summed E-state index contributed by atoms with van der Waals surface area (Å²) in [5.41, 5.74) is 0.839. The van der Waals surface area contributed by atoms with Gasteiger partial charge in [-0.05, 0) is 35.4 Å². The van der Waals surface area contributed by atoms with Crippen LogP contribution in [0.5, 0.6) is 0 Å². The van der Waals surface area contributed by atoms with Crippen LogP contribution in [0.25, 0.3) is 0 Å². The lowest BCUT2D eigenvalue weighted by molar-refractivity contribution is -0.139. The Kier molecular flexibility index (Phi) is 3.92. The van der Waals surface area contributed by atoms with Crippen LogP contribution in [0.1, 0.15) is 24.9 Å². The average molecular weight is 199 g/mol. The first-order valence-corrected chi connectivity index (χ1v) is 5.18. The van der Waals surface area contributed by atoms with Crippen LogP contribution in [0.4, 0.5) is 0 Å². The first kappa shape index (κ1) is 10.2. The fourth-order valence-electron chi connectivity index (χ4n) is 1.08. The molecule has 13 heavy (non-hydrogen) atoms. The summed E-state index contributed by atoms with van der Waals surface area (Å²) in [4.78, 5) is 10.8. The molecule has 2 N–H and O–H groups in total. The lowest BCUT2D eigenvalue weighted by atomic mass is 10.1. The van der Waals surface area contributed by atoms with Gasteiger partial charge in [0.2, 0.25) is 0 Å². The van der Waals surface area contributed by atoms with Gasteiger partial charge < -0.3 is 10.4 Å². The molecule has 0 aliphatic rings. The van der Waals surface area contributed by atoms with Crippen LogP contribution in [0, 0.1) is 0 Å². The van der Waals surface area contributed by atoms with Crippen molar-refractivity contribution >= 4 is 17.3 Å². The molecule has 0 amide bonds. The number of carboxylic acid groups (broad SMARTS) is 1. The summed E-state index contributed by atoms with van der Waals surface area (Å²) in [5.74, 6) is -0.813.